The van der Waals surface area contributed by atoms with Crippen molar-refractivity contribution in [2.45, 2.75) is 32.6 Å². The molecule has 100 valence electrons. The predicted molar refractivity (Wildman–Crippen MR) is 71.7 cm³/mol. The van der Waals surface area contributed by atoms with Crippen molar-refractivity contribution in [1.29, 1.82) is 0 Å². The van der Waals surface area contributed by atoms with E-state index < -0.39 is 0 Å². The van der Waals surface area contributed by atoms with Gasteiger partial charge in [-0.05, 0) is 18.8 Å². The van der Waals surface area contributed by atoms with Crippen LogP contribution in [0.2, 0.25) is 0 Å². The third kappa shape index (κ3) is 4.07. The third-order valence-corrected chi connectivity index (χ3v) is 4.15. The van der Waals surface area contributed by atoms with Crippen molar-refractivity contribution in [3.8, 4) is 0 Å². The van der Waals surface area contributed by atoms with E-state index in [0.717, 1.165) is 38.2 Å². The number of aryl methyl sites for hydroxylation is 1. The highest BCUT2D eigenvalue weighted by Gasteiger charge is 2.18. The maximum Gasteiger partial charge on any atom is 0.220 e. The Labute approximate surface area is 112 Å². The zero-order valence-electron chi connectivity index (χ0n) is 10.8. The summed E-state index contributed by atoms with van der Waals surface area (Å²) in [6.45, 7) is 4.32. The van der Waals surface area contributed by atoms with Crippen molar-refractivity contribution in [3.63, 3.8) is 0 Å². The summed E-state index contributed by atoms with van der Waals surface area (Å²) in [6, 6.07) is 0. The smallest absolute Gasteiger partial charge is 0.220 e. The first-order chi connectivity index (χ1) is 8.78. The fraction of sp³-hybridized carbons (Fsp3) is 0.692. The van der Waals surface area contributed by atoms with Gasteiger partial charge in [0.25, 0.3) is 0 Å². The van der Waals surface area contributed by atoms with Crippen LogP contribution in [0.1, 0.15) is 30.5 Å². The summed E-state index contributed by atoms with van der Waals surface area (Å²) in [5, 5.41) is 6.20. The molecule has 0 aromatic carbocycles. The zero-order chi connectivity index (χ0) is 12.8. The van der Waals surface area contributed by atoms with Gasteiger partial charge in [-0.3, -0.25) is 4.79 Å². The average Bonchev–Trinajstić information content (AvgIpc) is 3.00. The highest BCUT2D eigenvalue weighted by molar-refractivity contribution is 7.09. The normalized spacial score (nSPS) is 19.1. The van der Waals surface area contributed by atoms with Crippen molar-refractivity contribution in [3.05, 3.63) is 16.1 Å². The number of amides is 1. The summed E-state index contributed by atoms with van der Waals surface area (Å²) in [5.74, 6) is 0.549. The Morgan fingerprint density at radius 1 is 1.67 bits per heavy atom. The lowest BCUT2D eigenvalue weighted by Crippen LogP contribution is -2.27. The van der Waals surface area contributed by atoms with E-state index in [2.05, 4.69) is 22.6 Å². The van der Waals surface area contributed by atoms with Gasteiger partial charge in [0.1, 0.15) is 0 Å². The van der Waals surface area contributed by atoms with Gasteiger partial charge in [-0.15, -0.1) is 11.3 Å². The summed E-state index contributed by atoms with van der Waals surface area (Å²) in [7, 11) is 0. The molecule has 0 bridgehead atoms. The van der Waals surface area contributed by atoms with E-state index in [4.69, 9.17) is 4.74 Å². The molecule has 0 aliphatic carbocycles. The maximum atomic E-state index is 11.7. The van der Waals surface area contributed by atoms with E-state index in [1.165, 1.54) is 5.01 Å². The molecule has 0 unspecified atom stereocenters. The van der Waals surface area contributed by atoms with Gasteiger partial charge < -0.3 is 10.1 Å². The van der Waals surface area contributed by atoms with Crippen molar-refractivity contribution in [2.24, 2.45) is 5.92 Å². The molecule has 5 heteroatoms. The SMILES string of the molecule is CCc1nc(CCNC(=O)C[C@@H]2CCOC2)cs1. The Morgan fingerprint density at radius 3 is 3.22 bits per heavy atom. The second-order valence-electron chi connectivity index (χ2n) is 4.62. The predicted octanol–water partition coefficient (Wildman–Crippen LogP) is 1.79. The fourth-order valence-electron chi connectivity index (χ4n) is 2.03. The lowest BCUT2D eigenvalue weighted by Gasteiger charge is -2.07. The number of aromatic nitrogens is 1. The first-order valence-corrected chi connectivity index (χ1v) is 7.43. The largest absolute Gasteiger partial charge is 0.381 e. The highest BCUT2D eigenvalue weighted by Crippen LogP contribution is 2.15. The van der Waals surface area contributed by atoms with E-state index in [1.54, 1.807) is 11.3 Å². The van der Waals surface area contributed by atoms with Crippen molar-refractivity contribution in [1.82, 2.24) is 10.3 Å². The number of ether oxygens (including phenoxy) is 1. The average molecular weight is 268 g/mol. The van der Waals surface area contributed by atoms with Gasteiger partial charge in [0.15, 0.2) is 0 Å². The topological polar surface area (TPSA) is 51.2 Å². The number of rotatable bonds is 6. The van der Waals surface area contributed by atoms with E-state index in [1.807, 2.05) is 0 Å². The van der Waals surface area contributed by atoms with Crippen LogP contribution in [0.4, 0.5) is 0 Å². The minimum atomic E-state index is 0.136. The Balaban J connectivity index is 1.63. The molecule has 1 N–H and O–H groups in total. The zero-order valence-corrected chi connectivity index (χ0v) is 11.6. The van der Waals surface area contributed by atoms with Gasteiger partial charge in [-0.25, -0.2) is 4.98 Å². The van der Waals surface area contributed by atoms with Gasteiger partial charge >= 0.3 is 0 Å². The molecule has 1 fully saturated rings. The van der Waals surface area contributed by atoms with E-state index >= 15 is 0 Å². The second kappa shape index (κ2) is 6.85. The number of hydrogen-bond acceptors (Lipinski definition) is 4. The molecular formula is C13H20N2O2S. The van der Waals surface area contributed by atoms with Gasteiger partial charge in [-0.2, -0.15) is 0 Å². The Morgan fingerprint density at radius 2 is 2.56 bits per heavy atom. The molecule has 1 aliphatic rings. The number of nitrogens with one attached hydrogen (secondary N) is 1. The van der Waals surface area contributed by atoms with Crippen LogP contribution in [-0.4, -0.2) is 30.6 Å². The van der Waals surface area contributed by atoms with Crippen LogP contribution in [0.3, 0.4) is 0 Å². The minimum Gasteiger partial charge on any atom is -0.381 e. The molecule has 1 atom stereocenters. The van der Waals surface area contributed by atoms with Crippen LogP contribution in [0.25, 0.3) is 0 Å². The quantitative estimate of drug-likeness (QED) is 0.856. The van der Waals surface area contributed by atoms with Crippen LogP contribution in [0.15, 0.2) is 5.38 Å². The Hall–Kier alpha value is -0.940. The molecule has 1 aliphatic heterocycles. The van der Waals surface area contributed by atoms with Crippen LogP contribution in [-0.2, 0) is 22.4 Å². The molecular weight excluding hydrogens is 248 g/mol. The molecule has 2 rings (SSSR count). The summed E-state index contributed by atoms with van der Waals surface area (Å²) >= 11 is 1.69. The molecule has 18 heavy (non-hydrogen) atoms. The third-order valence-electron chi connectivity index (χ3n) is 3.10. The molecule has 0 saturated carbocycles. The Bertz CT molecular complexity index is 386. The lowest BCUT2D eigenvalue weighted by atomic mass is 10.1. The van der Waals surface area contributed by atoms with Gasteiger partial charge in [0.05, 0.1) is 10.7 Å². The van der Waals surface area contributed by atoms with E-state index in [0.29, 0.717) is 18.9 Å². The molecule has 2 heterocycles. The lowest BCUT2D eigenvalue weighted by molar-refractivity contribution is -0.122. The highest BCUT2D eigenvalue weighted by atomic mass is 32.1. The van der Waals surface area contributed by atoms with Crippen LogP contribution < -0.4 is 5.32 Å². The van der Waals surface area contributed by atoms with Crippen molar-refractivity contribution < 1.29 is 9.53 Å². The first kappa shape index (κ1) is 13.5. The van der Waals surface area contributed by atoms with Gasteiger partial charge in [0, 0.05) is 38.0 Å². The summed E-state index contributed by atoms with van der Waals surface area (Å²) < 4.78 is 5.26. The first-order valence-electron chi connectivity index (χ1n) is 6.55. The number of hydrogen-bond donors (Lipinski definition) is 1. The second-order valence-corrected chi connectivity index (χ2v) is 5.56. The molecule has 0 spiro atoms. The fourth-order valence-corrected chi connectivity index (χ4v) is 2.81. The monoisotopic (exact) mass is 268 g/mol. The van der Waals surface area contributed by atoms with E-state index in [-0.39, 0.29) is 5.91 Å². The van der Waals surface area contributed by atoms with Crippen LogP contribution in [0, 0.1) is 5.92 Å². The number of thiazole rings is 1. The standard InChI is InChI=1S/C13H20N2O2S/c1-2-13-15-11(9-18-13)3-5-14-12(16)7-10-4-6-17-8-10/h9-10H,2-8H2,1H3,(H,14,16)/t10-/m0/s1. The molecule has 1 amide bonds. The van der Waals surface area contributed by atoms with Gasteiger partial charge in [-0.1, -0.05) is 6.92 Å². The molecule has 4 nitrogen and oxygen atoms in total. The summed E-state index contributed by atoms with van der Waals surface area (Å²) in [4.78, 5) is 16.1. The minimum absolute atomic E-state index is 0.136. The van der Waals surface area contributed by atoms with Crippen molar-refractivity contribution >= 4 is 17.2 Å². The summed E-state index contributed by atoms with van der Waals surface area (Å²) in [6.07, 6.45) is 3.42. The molecule has 0 radical (unpaired) electrons. The maximum absolute atomic E-state index is 11.7. The molecule has 1 aromatic rings. The summed E-state index contributed by atoms with van der Waals surface area (Å²) in [5.41, 5.74) is 1.08. The van der Waals surface area contributed by atoms with Crippen LogP contribution >= 0.6 is 11.3 Å². The molecule has 1 aromatic heterocycles. The number of carbonyl (C=O) groups excluding carboxylic acids is 1. The van der Waals surface area contributed by atoms with E-state index in [9.17, 15) is 4.79 Å². The number of nitrogens with zero attached hydrogens (tertiary/aromatic N) is 1. The Kier molecular flexibility index (Phi) is 5.13. The van der Waals surface area contributed by atoms with Crippen molar-refractivity contribution in [2.75, 3.05) is 19.8 Å². The van der Waals surface area contributed by atoms with Gasteiger partial charge in [0.2, 0.25) is 5.91 Å². The molecule has 1 saturated heterocycles. The number of carbonyl (C=O) groups is 1. The van der Waals surface area contributed by atoms with Crippen LogP contribution in [0.5, 0.6) is 0 Å².